The lowest BCUT2D eigenvalue weighted by Crippen LogP contribution is -2.37. The minimum atomic E-state index is 0.321. The Bertz CT molecular complexity index is 371. The Morgan fingerprint density at radius 1 is 1.10 bits per heavy atom. The van der Waals surface area contributed by atoms with Gasteiger partial charge in [-0.3, -0.25) is 0 Å². The molecule has 0 saturated heterocycles. The van der Waals surface area contributed by atoms with Gasteiger partial charge in [0.25, 0.3) is 0 Å². The largest absolute Gasteiger partial charge is 0.497 e. The molecule has 114 valence electrons. The Hall–Kier alpha value is -0.830. The summed E-state index contributed by atoms with van der Waals surface area (Å²) in [4.78, 5) is 2.35. The fourth-order valence-electron chi connectivity index (χ4n) is 2.98. The first-order valence-electron chi connectivity index (χ1n) is 7.57. The monoisotopic (exact) mass is 295 g/mol. The predicted octanol–water partition coefficient (Wildman–Crippen LogP) is 4.65. The van der Waals surface area contributed by atoms with Crippen molar-refractivity contribution in [3.05, 3.63) is 24.3 Å². The van der Waals surface area contributed by atoms with Gasteiger partial charge in [0.1, 0.15) is 5.75 Å². The van der Waals surface area contributed by atoms with E-state index in [1.807, 2.05) is 12.1 Å². The van der Waals surface area contributed by atoms with E-state index in [0.717, 1.165) is 18.0 Å². The number of methoxy groups -OCH3 is 1. The molecule has 2 nitrogen and oxygen atoms in total. The van der Waals surface area contributed by atoms with Crippen molar-refractivity contribution in [2.45, 2.75) is 39.5 Å². The zero-order valence-corrected chi connectivity index (χ0v) is 14.2. The molecule has 0 aromatic heterocycles. The summed E-state index contributed by atoms with van der Waals surface area (Å²) in [5.74, 6) is 1.86. The highest BCUT2D eigenvalue weighted by Crippen LogP contribution is 2.33. The number of rotatable bonds is 9. The first-order valence-corrected chi connectivity index (χ1v) is 8.20. The maximum Gasteiger partial charge on any atom is 0.119 e. The maximum absolute atomic E-state index is 5.22. The Kier molecular flexibility index (Phi) is 7.28. The molecule has 0 heterocycles. The topological polar surface area (TPSA) is 12.5 Å². The van der Waals surface area contributed by atoms with Gasteiger partial charge < -0.3 is 9.64 Å². The van der Waals surface area contributed by atoms with Gasteiger partial charge >= 0.3 is 0 Å². The van der Waals surface area contributed by atoms with E-state index >= 15 is 0 Å². The lowest BCUT2D eigenvalue weighted by Gasteiger charge is -2.37. The molecule has 0 N–H and O–H groups in total. The summed E-state index contributed by atoms with van der Waals surface area (Å²) in [5, 5.41) is 0. The molecule has 1 rings (SSSR count). The zero-order valence-electron chi connectivity index (χ0n) is 13.4. The van der Waals surface area contributed by atoms with E-state index in [9.17, 15) is 0 Å². The molecular weight excluding hydrogens is 266 g/mol. The van der Waals surface area contributed by atoms with E-state index in [1.54, 1.807) is 7.11 Å². The number of hydrogen-bond acceptors (Lipinski definition) is 3. The maximum atomic E-state index is 5.22. The van der Waals surface area contributed by atoms with Crippen molar-refractivity contribution in [2.24, 2.45) is 5.41 Å². The van der Waals surface area contributed by atoms with Gasteiger partial charge in [-0.15, -0.1) is 0 Å². The Morgan fingerprint density at radius 2 is 1.65 bits per heavy atom. The van der Waals surface area contributed by atoms with Crippen molar-refractivity contribution < 1.29 is 4.74 Å². The summed E-state index contributed by atoms with van der Waals surface area (Å²) in [7, 11) is 3.87. The minimum absolute atomic E-state index is 0.321. The van der Waals surface area contributed by atoms with Crippen molar-refractivity contribution in [3.8, 4) is 5.75 Å². The van der Waals surface area contributed by atoms with Crippen LogP contribution in [0.1, 0.15) is 39.5 Å². The summed E-state index contributed by atoms with van der Waals surface area (Å²) < 4.78 is 5.22. The van der Waals surface area contributed by atoms with Gasteiger partial charge in [0.2, 0.25) is 0 Å². The Labute approximate surface area is 129 Å². The quantitative estimate of drug-likeness (QED) is 0.666. The molecule has 0 spiro atoms. The fourth-order valence-corrected chi connectivity index (χ4v) is 3.40. The van der Waals surface area contributed by atoms with Crippen molar-refractivity contribution in [1.82, 2.24) is 0 Å². The van der Waals surface area contributed by atoms with Crippen LogP contribution in [0.2, 0.25) is 0 Å². The van der Waals surface area contributed by atoms with Gasteiger partial charge in [0.15, 0.2) is 0 Å². The van der Waals surface area contributed by atoms with Crippen LogP contribution >= 0.6 is 12.6 Å². The molecule has 0 bridgehead atoms. The van der Waals surface area contributed by atoms with Crippen LogP contribution in [-0.2, 0) is 0 Å². The third kappa shape index (κ3) is 4.62. The van der Waals surface area contributed by atoms with Crippen LogP contribution in [0.4, 0.5) is 5.69 Å². The predicted molar refractivity (Wildman–Crippen MR) is 92.4 cm³/mol. The molecule has 20 heavy (non-hydrogen) atoms. The fraction of sp³-hybridized carbons (Fsp3) is 0.647. The second-order valence-electron chi connectivity index (χ2n) is 5.71. The molecule has 3 heteroatoms. The lowest BCUT2D eigenvalue weighted by molar-refractivity contribution is 0.282. The molecule has 0 aliphatic carbocycles. The molecule has 0 unspecified atom stereocenters. The highest BCUT2D eigenvalue weighted by atomic mass is 32.1. The van der Waals surface area contributed by atoms with Crippen molar-refractivity contribution in [3.63, 3.8) is 0 Å². The smallest absolute Gasteiger partial charge is 0.119 e. The normalized spacial score (nSPS) is 11.4. The number of hydrogen-bond donors (Lipinski definition) is 1. The summed E-state index contributed by atoms with van der Waals surface area (Å²) in [6, 6.07) is 8.29. The van der Waals surface area contributed by atoms with Gasteiger partial charge in [-0.25, -0.2) is 0 Å². The number of ether oxygens (including phenoxy) is 1. The third-order valence-electron chi connectivity index (χ3n) is 3.98. The first-order chi connectivity index (χ1) is 9.60. The van der Waals surface area contributed by atoms with Gasteiger partial charge in [-0.05, 0) is 48.3 Å². The summed E-state index contributed by atoms with van der Waals surface area (Å²) in [6.45, 7) is 5.59. The van der Waals surface area contributed by atoms with E-state index < -0.39 is 0 Å². The highest BCUT2D eigenvalue weighted by Gasteiger charge is 2.28. The van der Waals surface area contributed by atoms with Crippen LogP contribution in [-0.4, -0.2) is 26.5 Å². The van der Waals surface area contributed by atoms with Crippen molar-refractivity contribution in [2.75, 3.05) is 31.4 Å². The Morgan fingerprint density at radius 3 is 2.05 bits per heavy atom. The third-order valence-corrected chi connectivity index (χ3v) is 4.65. The molecule has 0 radical (unpaired) electrons. The van der Waals surface area contributed by atoms with E-state index in [2.05, 4.69) is 50.6 Å². The molecule has 0 aliphatic heterocycles. The first kappa shape index (κ1) is 17.2. The van der Waals surface area contributed by atoms with Crippen LogP contribution < -0.4 is 9.64 Å². The van der Waals surface area contributed by atoms with Crippen LogP contribution in [0.25, 0.3) is 0 Å². The SMILES string of the molecule is CCCC(CS)(CCC)CN(C)c1ccc(OC)cc1. The average Bonchev–Trinajstić information content (AvgIpc) is 2.47. The van der Waals surface area contributed by atoms with Gasteiger partial charge in [-0.1, -0.05) is 26.7 Å². The molecule has 0 aliphatic rings. The molecule has 0 atom stereocenters. The lowest BCUT2D eigenvalue weighted by atomic mass is 9.80. The zero-order chi connectivity index (χ0) is 15.0. The van der Waals surface area contributed by atoms with E-state index in [-0.39, 0.29) is 0 Å². The number of thiol groups is 1. The van der Waals surface area contributed by atoms with Crippen LogP contribution in [0.5, 0.6) is 5.75 Å². The molecule has 0 saturated carbocycles. The van der Waals surface area contributed by atoms with Crippen molar-refractivity contribution in [1.29, 1.82) is 0 Å². The van der Waals surface area contributed by atoms with E-state index in [0.29, 0.717) is 5.41 Å². The highest BCUT2D eigenvalue weighted by molar-refractivity contribution is 7.80. The van der Waals surface area contributed by atoms with Crippen molar-refractivity contribution >= 4 is 18.3 Å². The van der Waals surface area contributed by atoms with Gasteiger partial charge in [0.05, 0.1) is 7.11 Å². The standard InChI is InChI=1S/C17H29NOS/c1-5-11-17(14-20,12-6-2)13-18(3)15-7-9-16(19-4)10-8-15/h7-10,20H,5-6,11-14H2,1-4H3. The minimum Gasteiger partial charge on any atom is -0.497 e. The second kappa shape index (κ2) is 8.46. The van der Waals surface area contributed by atoms with E-state index in [1.165, 1.54) is 31.4 Å². The number of anilines is 1. The molecular formula is C17H29NOS. The second-order valence-corrected chi connectivity index (χ2v) is 6.03. The number of benzene rings is 1. The summed E-state index contributed by atoms with van der Waals surface area (Å²) in [5.41, 5.74) is 1.56. The van der Waals surface area contributed by atoms with E-state index in [4.69, 9.17) is 4.74 Å². The molecule has 0 amide bonds. The van der Waals surface area contributed by atoms with Crippen LogP contribution in [0, 0.1) is 5.41 Å². The molecule has 1 aromatic rings. The number of nitrogens with zero attached hydrogens (tertiary/aromatic N) is 1. The molecule has 1 aromatic carbocycles. The summed E-state index contributed by atoms with van der Waals surface area (Å²) >= 11 is 4.64. The summed E-state index contributed by atoms with van der Waals surface area (Å²) in [6.07, 6.45) is 4.92. The van der Waals surface area contributed by atoms with Crippen LogP contribution in [0.3, 0.4) is 0 Å². The van der Waals surface area contributed by atoms with Crippen LogP contribution in [0.15, 0.2) is 24.3 Å². The van der Waals surface area contributed by atoms with Gasteiger partial charge in [0, 0.05) is 19.3 Å². The average molecular weight is 295 g/mol. The molecule has 0 fully saturated rings. The van der Waals surface area contributed by atoms with Gasteiger partial charge in [-0.2, -0.15) is 12.6 Å². The Balaban J connectivity index is 2.80.